The van der Waals surface area contributed by atoms with Gasteiger partial charge in [-0.2, -0.15) is 0 Å². The van der Waals surface area contributed by atoms with Gasteiger partial charge in [-0.05, 0) is 29.8 Å². The van der Waals surface area contributed by atoms with Crippen molar-refractivity contribution in [3.63, 3.8) is 0 Å². The van der Waals surface area contributed by atoms with Crippen molar-refractivity contribution in [1.29, 1.82) is 0 Å². The fraction of sp³-hybridized carbons (Fsp3) is 0.120. The van der Waals surface area contributed by atoms with Crippen molar-refractivity contribution in [3.8, 4) is 16.9 Å². The minimum atomic E-state index is -0.721. The Labute approximate surface area is 189 Å². The highest BCUT2D eigenvalue weighted by Crippen LogP contribution is 2.35. The lowest BCUT2D eigenvalue weighted by Crippen LogP contribution is -2.29. The van der Waals surface area contributed by atoms with Crippen LogP contribution in [-0.4, -0.2) is 36.1 Å². The summed E-state index contributed by atoms with van der Waals surface area (Å²) in [5.41, 5.74) is 1.89. The number of aromatic amines is 1. The van der Waals surface area contributed by atoms with E-state index in [1.54, 1.807) is 30.5 Å². The van der Waals surface area contributed by atoms with Crippen LogP contribution in [0.25, 0.3) is 22.0 Å². The maximum absolute atomic E-state index is 13.5. The Bertz CT molecular complexity index is 1380. The molecule has 2 aromatic heterocycles. The first kappa shape index (κ1) is 21.8. The average molecular weight is 443 g/mol. The summed E-state index contributed by atoms with van der Waals surface area (Å²) in [6, 6.07) is 16.0. The monoisotopic (exact) mass is 443 g/mol. The van der Waals surface area contributed by atoms with Crippen LogP contribution in [0.4, 0.5) is 0 Å². The summed E-state index contributed by atoms with van der Waals surface area (Å²) in [6.45, 7) is -0.171. The van der Waals surface area contributed by atoms with Gasteiger partial charge < -0.3 is 19.8 Å². The van der Waals surface area contributed by atoms with Gasteiger partial charge in [-0.15, -0.1) is 0 Å². The number of ether oxygens (including phenoxy) is 2. The molecule has 0 saturated heterocycles. The Balaban J connectivity index is 1.88. The third-order valence-electron chi connectivity index (χ3n) is 5.26. The zero-order valence-electron chi connectivity index (χ0n) is 18.0. The van der Waals surface area contributed by atoms with Gasteiger partial charge in [0.1, 0.15) is 11.4 Å². The second kappa shape index (κ2) is 9.35. The maximum atomic E-state index is 13.5. The van der Waals surface area contributed by atoms with Crippen molar-refractivity contribution in [2.75, 3.05) is 14.2 Å². The number of amides is 1. The van der Waals surface area contributed by atoms with Crippen LogP contribution in [0.5, 0.6) is 5.75 Å². The van der Waals surface area contributed by atoms with Crippen LogP contribution < -0.4 is 15.5 Å². The number of pyridine rings is 2. The molecule has 4 rings (SSSR count). The SMILES string of the molecule is COC(=O)c1[nH]c2c(-c3ccccc3)c(OC)ccc2c(=O)c1CNC(=O)c1cccnc1. The summed E-state index contributed by atoms with van der Waals surface area (Å²) >= 11 is 0. The molecule has 0 bridgehead atoms. The number of fused-ring (bicyclic) bond motifs is 1. The second-order valence-electron chi connectivity index (χ2n) is 7.16. The number of carbonyl (C=O) groups is 2. The maximum Gasteiger partial charge on any atom is 0.354 e. The molecule has 0 fully saturated rings. The van der Waals surface area contributed by atoms with E-state index in [9.17, 15) is 14.4 Å². The third-order valence-corrected chi connectivity index (χ3v) is 5.26. The Hall–Kier alpha value is -4.46. The van der Waals surface area contributed by atoms with Crippen LogP contribution in [0, 0.1) is 0 Å². The molecule has 2 heterocycles. The minimum Gasteiger partial charge on any atom is -0.496 e. The standard InChI is InChI=1S/C25H21N3O5/c1-32-19-11-10-17-21(20(19)15-7-4-3-5-8-15)28-22(25(31)33-2)18(23(17)29)14-27-24(30)16-9-6-12-26-13-16/h3-13H,14H2,1-2H3,(H,27,30)(H,28,29). The first-order valence-corrected chi connectivity index (χ1v) is 10.1. The van der Waals surface area contributed by atoms with Crippen molar-refractivity contribution >= 4 is 22.8 Å². The Morgan fingerprint density at radius 1 is 1.03 bits per heavy atom. The molecule has 166 valence electrons. The molecule has 0 atom stereocenters. The molecule has 0 aliphatic carbocycles. The number of methoxy groups -OCH3 is 2. The molecule has 0 aliphatic rings. The van der Waals surface area contributed by atoms with Gasteiger partial charge in [0.2, 0.25) is 0 Å². The predicted octanol–water partition coefficient (Wildman–Crippen LogP) is 3.32. The van der Waals surface area contributed by atoms with Gasteiger partial charge in [0, 0.05) is 29.9 Å². The van der Waals surface area contributed by atoms with E-state index in [4.69, 9.17) is 9.47 Å². The number of hydrogen-bond donors (Lipinski definition) is 2. The van der Waals surface area contributed by atoms with Gasteiger partial charge in [-0.25, -0.2) is 4.79 Å². The summed E-state index contributed by atoms with van der Waals surface area (Å²) in [5.74, 6) is -0.600. The Morgan fingerprint density at radius 3 is 2.48 bits per heavy atom. The van der Waals surface area contributed by atoms with E-state index < -0.39 is 17.3 Å². The van der Waals surface area contributed by atoms with E-state index in [2.05, 4.69) is 15.3 Å². The molecule has 8 heteroatoms. The van der Waals surface area contributed by atoms with Crippen LogP contribution >= 0.6 is 0 Å². The molecule has 2 N–H and O–H groups in total. The first-order valence-electron chi connectivity index (χ1n) is 10.1. The van der Waals surface area contributed by atoms with E-state index in [1.807, 2.05) is 30.3 Å². The number of nitrogens with one attached hydrogen (secondary N) is 2. The lowest BCUT2D eigenvalue weighted by molar-refractivity contribution is 0.0592. The van der Waals surface area contributed by atoms with Crippen molar-refractivity contribution in [3.05, 3.63) is 94.0 Å². The summed E-state index contributed by atoms with van der Waals surface area (Å²) in [5, 5.41) is 3.03. The number of nitrogens with zero attached hydrogens (tertiary/aromatic N) is 1. The van der Waals surface area contributed by atoms with Crippen LogP contribution in [0.3, 0.4) is 0 Å². The first-order chi connectivity index (χ1) is 16.0. The fourth-order valence-electron chi connectivity index (χ4n) is 3.65. The fourth-order valence-corrected chi connectivity index (χ4v) is 3.65. The van der Waals surface area contributed by atoms with Gasteiger partial charge in [0.05, 0.1) is 30.9 Å². The van der Waals surface area contributed by atoms with Gasteiger partial charge in [-0.1, -0.05) is 30.3 Å². The lowest BCUT2D eigenvalue weighted by atomic mass is 9.98. The molecule has 0 unspecified atom stereocenters. The highest BCUT2D eigenvalue weighted by molar-refractivity contribution is 6.01. The van der Waals surface area contributed by atoms with Gasteiger partial charge >= 0.3 is 5.97 Å². The molecule has 0 spiro atoms. The van der Waals surface area contributed by atoms with E-state index in [-0.39, 0.29) is 17.8 Å². The number of H-pyrrole nitrogens is 1. The highest BCUT2D eigenvalue weighted by atomic mass is 16.5. The normalized spacial score (nSPS) is 10.6. The topological polar surface area (TPSA) is 110 Å². The third kappa shape index (κ3) is 4.18. The molecular formula is C25H21N3O5. The number of carbonyl (C=O) groups excluding carboxylic acids is 2. The van der Waals surface area contributed by atoms with Crippen molar-refractivity contribution < 1.29 is 19.1 Å². The summed E-state index contributed by atoms with van der Waals surface area (Å²) in [4.78, 5) is 45.5. The van der Waals surface area contributed by atoms with Crippen LogP contribution in [0.15, 0.2) is 71.8 Å². The van der Waals surface area contributed by atoms with Crippen molar-refractivity contribution in [1.82, 2.24) is 15.3 Å². The lowest BCUT2D eigenvalue weighted by Gasteiger charge is -2.16. The molecule has 1 amide bonds. The van der Waals surface area contributed by atoms with Gasteiger partial charge in [0.15, 0.2) is 5.43 Å². The number of aromatic nitrogens is 2. The number of benzene rings is 2. The Kier molecular flexibility index (Phi) is 6.17. The van der Waals surface area contributed by atoms with E-state index >= 15 is 0 Å². The summed E-state index contributed by atoms with van der Waals surface area (Å²) in [6.07, 6.45) is 2.97. The summed E-state index contributed by atoms with van der Waals surface area (Å²) < 4.78 is 10.4. The molecule has 33 heavy (non-hydrogen) atoms. The van der Waals surface area contributed by atoms with E-state index in [1.165, 1.54) is 20.4 Å². The number of rotatable bonds is 6. The van der Waals surface area contributed by atoms with Crippen molar-refractivity contribution in [2.24, 2.45) is 0 Å². The zero-order valence-corrected chi connectivity index (χ0v) is 18.0. The molecule has 0 saturated carbocycles. The zero-order chi connectivity index (χ0) is 23.4. The molecule has 0 aliphatic heterocycles. The van der Waals surface area contributed by atoms with E-state index in [0.717, 1.165) is 5.56 Å². The highest BCUT2D eigenvalue weighted by Gasteiger charge is 2.22. The average Bonchev–Trinajstić information content (AvgIpc) is 2.87. The Morgan fingerprint density at radius 2 is 1.82 bits per heavy atom. The van der Waals surface area contributed by atoms with Crippen molar-refractivity contribution in [2.45, 2.75) is 6.54 Å². The quantitative estimate of drug-likeness (QED) is 0.443. The number of hydrogen-bond acceptors (Lipinski definition) is 6. The number of esters is 1. The minimum absolute atomic E-state index is 0.0353. The molecule has 0 radical (unpaired) electrons. The second-order valence-corrected chi connectivity index (χ2v) is 7.16. The van der Waals surface area contributed by atoms with Gasteiger partial charge in [-0.3, -0.25) is 14.6 Å². The largest absolute Gasteiger partial charge is 0.496 e. The molecule has 8 nitrogen and oxygen atoms in total. The van der Waals surface area contributed by atoms with Crippen LogP contribution in [-0.2, 0) is 11.3 Å². The van der Waals surface area contributed by atoms with Crippen LogP contribution in [0.1, 0.15) is 26.4 Å². The van der Waals surface area contributed by atoms with E-state index in [0.29, 0.717) is 27.8 Å². The predicted molar refractivity (Wildman–Crippen MR) is 123 cm³/mol. The summed E-state index contributed by atoms with van der Waals surface area (Å²) in [7, 11) is 2.77. The molecule has 4 aromatic rings. The molecule has 2 aromatic carbocycles. The molecular weight excluding hydrogens is 422 g/mol. The van der Waals surface area contributed by atoms with Crippen LogP contribution in [0.2, 0.25) is 0 Å². The van der Waals surface area contributed by atoms with Gasteiger partial charge in [0.25, 0.3) is 5.91 Å². The smallest absolute Gasteiger partial charge is 0.354 e.